The standard InChI is InChI=1S/C37H20N4S2/c1-2-12-23-22(11-1)30-24-13-3-6-16-27(24)41(34(30)32-26-15-5-7-17-28(26)42-35(23)32)37-39-33(21-10-9-19-38-20-21)31-25-14-4-8-18-29(25)43-36(31)40-37/h1-20H. The number of rotatable bonds is 2. The molecule has 0 fully saturated rings. The second-order valence-corrected chi connectivity index (χ2v) is 12.9. The Morgan fingerprint density at radius 1 is 0.535 bits per heavy atom. The smallest absolute Gasteiger partial charge is 0.236 e. The summed E-state index contributed by atoms with van der Waals surface area (Å²) in [5.74, 6) is 0.677. The van der Waals surface area contributed by atoms with Crippen molar-refractivity contribution in [3.8, 4) is 17.2 Å². The van der Waals surface area contributed by atoms with Gasteiger partial charge in [-0.3, -0.25) is 9.55 Å². The van der Waals surface area contributed by atoms with E-state index in [1.165, 1.54) is 51.8 Å². The Morgan fingerprint density at radius 2 is 1.21 bits per heavy atom. The normalized spacial score (nSPS) is 12.2. The van der Waals surface area contributed by atoms with Crippen molar-refractivity contribution >= 4 is 95.7 Å². The van der Waals surface area contributed by atoms with E-state index in [1.807, 2.05) is 29.8 Å². The highest BCUT2D eigenvalue weighted by atomic mass is 32.1. The molecule has 0 amide bonds. The molecule has 0 atom stereocenters. The van der Waals surface area contributed by atoms with Gasteiger partial charge in [-0.1, -0.05) is 78.9 Å². The molecule has 200 valence electrons. The molecule has 0 unspecified atom stereocenters. The van der Waals surface area contributed by atoms with Crippen LogP contribution in [0.15, 0.2) is 122 Å². The summed E-state index contributed by atoms with van der Waals surface area (Å²) in [7, 11) is 0. The number of nitrogens with zero attached hydrogens (tertiary/aromatic N) is 4. The molecular weight excluding hydrogens is 565 g/mol. The zero-order valence-corrected chi connectivity index (χ0v) is 24.3. The van der Waals surface area contributed by atoms with Crippen LogP contribution in [-0.2, 0) is 0 Å². The molecule has 5 heterocycles. The van der Waals surface area contributed by atoms with Gasteiger partial charge in [-0.2, -0.15) is 0 Å². The third kappa shape index (κ3) is 3.16. The summed E-state index contributed by atoms with van der Waals surface area (Å²) in [6, 6.07) is 38.8. The number of pyridine rings is 1. The van der Waals surface area contributed by atoms with Crippen LogP contribution < -0.4 is 0 Å². The summed E-state index contributed by atoms with van der Waals surface area (Å²) in [4.78, 5) is 16.2. The van der Waals surface area contributed by atoms with Crippen LogP contribution in [0.1, 0.15) is 0 Å². The van der Waals surface area contributed by atoms with Crippen LogP contribution in [0.5, 0.6) is 0 Å². The van der Waals surface area contributed by atoms with Gasteiger partial charge in [-0.15, -0.1) is 22.7 Å². The first-order valence-corrected chi connectivity index (χ1v) is 15.8. The summed E-state index contributed by atoms with van der Waals surface area (Å²) in [6.07, 6.45) is 3.72. The molecule has 10 rings (SSSR count). The van der Waals surface area contributed by atoms with E-state index in [4.69, 9.17) is 9.97 Å². The second kappa shape index (κ2) is 8.67. The molecule has 5 aromatic heterocycles. The highest BCUT2D eigenvalue weighted by Gasteiger charge is 2.24. The van der Waals surface area contributed by atoms with Crippen LogP contribution in [0, 0.1) is 0 Å². The van der Waals surface area contributed by atoms with E-state index in [1.54, 1.807) is 11.3 Å². The number of hydrogen-bond acceptors (Lipinski definition) is 5. The highest BCUT2D eigenvalue weighted by molar-refractivity contribution is 7.27. The molecule has 4 nitrogen and oxygen atoms in total. The predicted octanol–water partition coefficient (Wildman–Crippen LogP) is 10.5. The van der Waals surface area contributed by atoms with E-state index in [0.717, 1.165) is 32.5 Å². The maximum absolute atomic E-state index is 5.41. The lowest BCUT2D eigenvalue weighted by molar-refractivity contribution is 1.02. The first kappa shape index (κ1) is 23.4. The van der Waals surface area contributed by atoms with Crippen molar-refractivity contribution in [3.63, 3.8) is 0 Å². The van der Waals surface area contributed by atoms with Gasteiger partial charge < -0.3 is 0 Å². The fourth-order valence-corrected chi connectivity index (χ4v) is 9.06. The molecule has 0 bridgehead atoms. The van der Waals surface area contributed by atoms with Crippen LogP contribution in [0.4, 0.5) is 0 Å². The van der Waals surface area contributed by atoms with E-state index < -0.39 is 0 Å². The summed E-state index contributed by atoms with van der Waals surface area (Å²) in [5, 5.41) is 9.75. The largest absolute Gasteiger partial charge is 0.277 e. The third-order valence-electron chi connectivity index (χ3n) is 8.51. The Hall–Kier alpha value is -5.17. The van der Waals surface area contributed by atoms with E-state index >= 15 is 0 Å². The molecule has 0 saturated heterocycles. The lowest BCUT2D eigenvalue weighted by Crippen LogP contribution is -2.03. The fourth-order valence-electron chi connectivity index (χ4n) is 6.75. The predicted molar refractivity (Wildman–Crippen MR) is 183 cm³/mol. The van der Waals surface area contributed by atoms with Gasteiger partial charge in [0.25, 0.3) is 0 Å². The Morgan fingerprint density at radius 3 is 2.00 bits per heavy atom. The lowest BCUT2D eigenvalue weighted by atomic mass is 10.00. The Bertz CT molecular complexity index is 2730. The van der Waals surface area contributed by atoms with Crippen LogP contribution in [0.25, 0.3) is 90.3 Å². The van der Waals surface area contributed by atoms with Gasteiger partial charge in [0.15, 0.2) is 0 Å². The molecule has 0 aliphatic carbocycles. The Kier molecular flexibility index (Phi) is 4.72. The molecule has 5 aromatic carbocycles. The van der Waals surface area contributed by atoms with Gasteiger partial charge in [0.05, 0.1) is 16.7 Å². The van der Waals surface area contributed by atoms with Gasteiger partial charge in [-0.25, -0.2) is 9.97 Å². The van der Waals surface area contributed by atoms with E-state index in [2.05, 4.69) is 113 Å². The highest BCUT2D eigenvalue weighted by Crippen LogP contribution is 2.48. The second-order valence-electron chi connectivity index (χ2n) is 10.8. The average molecular weight is 585 g/mol. The topological polar surface area (TPSA) is 43.6 Å². The van der Waals surface area contributed by atoms with Gasteiger partial charge in [0.1, 0.15) is 4.83 Å². The van der Waals surface area contributed by atoms with Gasteiger partial charge in [-0.05, 0) is 35.7 Å². The molecule has 0 saturated carbocycles. The molecule has 0 aliphatic rings. The summed E-state index contributed by atoms with van der Waals surface area (Å²) >= 11 is 3.59. The van der Waals surface area contributed by atoms with Gasteiger partial charge >= 0.3 is 0 Å². The van der Waals surface area contributed by atoms with Crippen LogP contribution in [0.3, 0.4) is 0 Å². The molecule has 0 aliphatic heterocycles. The number of para-hydroxylation sites is 1. The van der Waals surface area contributed by atoms with Crippen LogP contribution in [-0.4, -0.2) is 19.5 Å². The number of thiophene rings is 2. The zero-order chi connectivity index (χ0) is 28.1. The SMILES string of the molecule is c1cncc(-c2nc(-n3c4ccccc4c4c5ccccc5c5sc6ccccc6c5c43)nc3sc4ccccc4c23)c1. The minimum atomic E-state index is 0.677. The molecule has 0 radical (unpaired) electrons. The fraction of sp³-hybridized carbons (Fsp3) is 0. The quantitative estimate of drug-likeness (QED) is 0.203. The average Bonchev–Trinajstić information content (AvgIpc) is 3.74. The maximum Gasteiger partial charge on any atom is 0.236 e. The Labute approximate surface area is 253 Å². The number of hydrogen-bond donors (Lipinski definition) is 0. The maximum atomic E-state index is 5.41. The minimum Gasteiger partial charge on any atom is -0.277 e. The molecule has 6 heteroatoms. The van der Waals surface area contributed by atoms with Gasteiger partial charge in [0, 0.05) is 69.8 Å². The number of aromatic nitrogens is 4. The van der Waals surface area contributed by atoms with E-state index in [-0.39, 0.29) is 0 Å². The summed E-state index contributed by atoms with van der Waals surface area (Å²) in [5.41, 5.74) is 4.15. The molecule has 0 N–H and O–H groups in total. The van der Waals surface area contributed by atoms with E-state index in [9.17, 15) is 0 Å². The number of benzene rings is 5. The first-order valence-electron chi connectivity index (χ1n) is 14.2. The van der Waals surface area contributed by atoms with Crippen molar-refractivity contribution in [1.29, 1.82) is 0 Å². The summed E-state index contributed by atoms with van der Waals surface area (Å²) < 4.78 is 6.09. The van der Waals surface area contributed by atoms with Gasteiger partial charge in [0.2, 0.25) is 5.95 Å². The van der Waals surface area contributed by atoms with Crippen LogP contribution in [0.2, 0.25) is 0 Å². The van der Waals surface area contributed by atoms with Crippen molar-refractivity contribution < 1.29 is 0 Å². The van der Waals surface area contributed by atoms with Crippen LogP contribution >= 0.6 is 22.7 Å². The van der Waals surface area contributed by atoms with E-state index in [0.29, 0.717) is 5.95 Å². The van der Waals surface area contributed by atoms with Crippen molar-refractivity contribution in [2.24, 2.45) is 0 Å². The molecule has 43 heavy (non-hydrogen) atoms. The first-order chi connectivity index (χ1) is 21.3. The molecule has 0 spiro atoms. The van der Waals surface area contributed by atoms with Crippen molar-refractivity contribution in [2.75, 3.05) is 0 Å². The minimum absolute atomic E-state index is 0.677. The monoisotopic (exact) mass is 584 g/mol. The van der Waals surface area contributed by atoms with Crippen molar-refractivity contribution in [2.45, 2.75) is 0 Å². The number of fused-ring (bicyclic) bond motifs is 13. The zero-order valence-electron chi connectivity index (χ0n) is 22.7. The van der Waals surface area contributed by atoms with Crippen molar-refractivity contribution in [3.05, 3.63) is 122 Å². The summed E-state index contributed by atoms with van der Waals surface area (Å²) in [6.45, 7) is 0. The lowest BCUT2D eigenvalue weighted by Gasteiger charge is -2.11. The Balaban J connectivity index is 1.47. The van der Waals surface area contributed by atoms with Crippen molar-refractivity contribution in [1.82, 2.24) is 19.5 Å². The molecule has 10 aromatic rings. The molecular formula is C37H20N4S2. The third-order valence-corrected chi connectivity index (χ3v) is 10.8.